The minimum Gasteiger partial charge on any atom is -0.341 e. The topological polar surface area (TPSA) is 43.9 Å². The van der Waals surface area contributed by atoms with Gasteiger partial charge < -0.3 is 9.80 Å². The maximum Gasteiger partial charge on any atom is 0.236 e. The first-order chi connectivity index (χ1) is 26.8. The van der Waals surface area contributed by atoms with Gasteiger partial charge in [-0.15, -0.1) is 0 Å². The van der Waals surface area contributed by atoms with Crippen molar-refractivity contribution in [2.75, 3.05) is 45.8 Å². The summed E-state index contributed by atoms with van der Waals surface area (Å²) >= 11 is 0. The SMILES string of the molecule is C=C=C=C=C=C=C=C=C[PH+](C=C=C=C=C=C=C=C=C)C(=C=C=C=C=C=C=C=C)CCCN(CC(=O)N(CC(C)C)CC(C)C)CC(=O)N(CC(C)C)CC(C)C. The number of allylic oxidation sites excluding steroid dienone is 1. The van der Waals surface area contributed by atoms with Gasteiger partial charge in [-0.1, -0.05) is 72.6 Å². The summed E-state index contributed by atoms with van der Waals surface area (Å²) in [6.45, 7) is 30.6. The van der Waals surface area contributed by atoms with E-state index in [9.17, 15) is 9.59 Å². The molecule has 0 fully saturated rings. The Morgan fingerprint density at radius 3 is 1.21 bits per heavy atom. The van der Waals surface area contributed by atoms with Crippen molar-refractivity contribution < 1.29 is 9.59 Å². The highest BCUT2D eigenvalue weighted by atomic mass is 31.1. The maximum absolute atomic E-state index is 13.9. The molecule has 0 saturated heterocycles. The third-order valence-corrected chi connectivity index (χ3v) is 8.83. The summed E-state index contributed by atoms with van der Waals surface area (Å²) in [5, 5.41) is 0.874. The van der Waals surface area contributed by atoms with Gasteiger partial charge in [0, 0.05) is 32.6 Å². The maximum atomic E-state index is 13.9. The molecule has 0 radical (unpaired) electrons. The molecule has 0 saturated carbocycles. The summed E-state index contributed by atoms with van der Waals surface area (Å²) in [5.74, 6) is 4.98. The molecule has 0 unspecified atom stereocenters. The van der Waals surface area contributed by atoms with Crippen LogP contribution < -0.4 is 0 Å². The van der Waals surface area contributed by atoms with Crippen LogP contribution in [0.25, 0.3) is 0 Å². The van der Waals surface area contributed by atoms with Gasteiger partial charge in [0.1, 0.15) is 24.9 Å². The molecule has 0 N–H and O–H groups in total. The Morgan fingerprint density at radius 2 is 0.857 bits per heavy atom. The first-order valence-corrected chi connectivity index (χ1v) is 20.3. The quantitative estimate of drug-likeness (QED) is 0.0974. The van der Waals surface area contributed by atoms with Crippen LogP contribution in [0.2, 0.25) is 0 Å². The molecule has 0 spiro atoms. The van der Waals surface area contributed by atoms with Crippen molar-refractivity contribution in [3.05, 3.63) is 157 Å². The third kappa shape index (κ3) is 27.5. The van der Waals surface area contributed by atoms with Crippen LogP contribution in [0, 0.1) is 23.7 Å². The highest BCUT2D eigenvalue weighted by molar-refractivity contribution is 7.68. The van der Waals surface area contributed by atoms with E-state index in [0.717, 1.165) is 5.31 Å². The first kappa shape index (κ1) is 49.9. The average molecular weight is 761 g/mol. The summed E-state index contributed by atoms with van der Waals surface area (Å²) in [6, 6.07) is 0. The van der Waals surface area contributed by atoms with Crippen molar-refractivity contribution in [3.8, 4) is 0 Å². The molecule has 0 bridgehead atoms. The van der Waals surface area contributed by atoms with Crippen molar-refractivity contribution in [2.45, 2.75) is 68.2 Å². The molecule has 2 amide bonds. The number of hydrogen-bond acceptors (Lipinski definition) is 3. The molecule has 0 heterocycles. The average Bonchev–Trinajstić information content (AvgIpc) is 3.12. The van der Waals surface area contributed by atoms with Gasteiger partial charge in [0.15, 0.2) is 0 Å². The molecule has 6 heteroatoms. The highest BCUT2D eigenvalue weighted by Crippen LogP contribution is 2.48. The molecule has 0 aromatic heterocycles. The van der Waals surface area contributed by atoms with Gasteiger partial charge in [-0.2, -0.15) is 0 Å². The van der Waals surface area contributed by atoms with E-state index in [1.165, 1.54) is 0 Å². The molecule has 0 aliphatic rings. The van der Waals surface area contributed by atoms with Crippen molar-refractivity contribution >= 4 is 19.7 Å². The number of nitrogens with zero attached hydrogens (tertiary/aromatic N) is 3. The Hall–Kier alpha value is -6.07. The normalized spacial score (nSPS) is 9.30. The fourth-order valence-electron chi connectivity index (χ4n) is 4.91. The Kier molecular flexibility index (Phi) is 28.9. The lowest BCUT2D eigenvalue weighted by atomic mass is 10.1. The Morgan fingerprint density at radius 1 is 0.518 bits per heavy atom. The minimum atomic E-state index is -1.70. The van der Waals surface area contributed by atoms with Gasteiger partial charge in [0.05, 0.1) is 13.1 Å². The Labute approximate surface area is 337 Å². The number of carbonyl (C=O) groups is 2. The summed E-state index contributed by atoms with van der Waals surface area (Å²) in [6.07, 6.45) is 1.16. The van der Waals surface area contributed by atoms with E-state index in [1.54, 1.807) is 0 Å². The predicted molar refractivity (Wildman–Crippen MR) is 230 cm³/mol. The lowest BCUT2D eigenvalue weighted by Gasteiger charge is -2.32. The zero-order chi connectivity index (χ0) is 42.0. The van der Waals surface area contributed by atoms with Crippen LogP contribution in [-0.4, -0.2) is 72.3 Å². The first-order valence-electron chi connectivity index (χ1n) is 18.6. The molecule has 0 rings (SSSR count). The number of carbonyl (C=O) groups excluding carboxylic acids is 2. The summed E-state index contributed by atoms with van der Waals surface area (Å²) in [4.78, 5) is 33.5. The molecule has 0 aromatic rings. The largest absolute Gasteiger partial charge is 0.341 e. The Balaban J connectivity index is 7.40. The minimum absolute atomic E-state index is 0.0159. The van der Waals surface area contributed by atoms with E-state index < -0.39 is 7.92 Å². The number of amides is 2. The fraction of sp³-hybridized carbons (Fsp3) is 0.420. The third-order valence-electron chi connectivity index (χ3n) is 6.84. The van der Waals surface area contributed by atoms with Crippen LogP contribution in [-0.2, 0) is 9.59 Å². The zero-order valence-corrected chi connectivity index (χ0v) is 35.6. The van der Waals surface area contributed by atoms with E-state index in [2.05, 4.69) is 195 Å². The smallest absolute Gasteiger partial charge is 0.236 e. The standard InChI is InChI=1S/C50H54N3O2P/c1-12-15-18-21-24-27-30-36-56(37-31-28-25-22-19-16-13-2)48(33-29-26-23-20-17-14-3)34-32-35-51(42-49(54)52(38-44(4)5)39-45(6)7)43-50(55)53(40-46(8)9)41-47(10)11/h36-37,44-47H,1-3,32,34-35,38-43H2,4-11H3/p+1. The summed E-state index contributed by atoms with van der Waals surface area (Å²) in [7, 11) is -1.70. The van der Waals surface area contributed by atoms with Crippen LogP contribution in [0.15, 0.2) is 157 Å². The number of hydrogen-bond donors (Lipinski definition) is 0. The van der Waals surface area contributed by atoms with E-state index in [0.29, 0.717) is 69.2 Å². The lowest BCUT2D eigenvalue weighted by Crippen LogP contribution is -2.48. The zero-order valence-electron chi connectivity index (χ0n) is 34.6. The van der Waals surface area contributed by atoms with Gasteiger partial charge in [-0.3, -0.25) is 14.5 Å². The van der Waals surface area contributed by atoms with E-state index in [1.807, 2.05) is 26.3 Å². The van der Waals surface area contributed by atoms with Gasteiger partial charge in [0.25, 0.3) is 0 Å². The van der Waals surface area contributed by atoms with Crippen LogP contribution in [0.4, 0.5) is 0 Å². The number of rotatable bonds is 19. The summed E-state index contributed by atoms with van der Waals surface area (Å²) < 4.78 is 0. The molecule has 286 valence electrons. The van der Waals surface area contributed by atoms with Crippen LogP contribution in [0.5, 0.6) is 0 Å². The highest BCUT2D eigenvalue weighted by Gasteiger charge is 2.25. The second-order valence-corrected chi connectivity index (χ2v) is 16.1. The molecule has 5 nitrogen and oxygen atoms in total. The Bertz CT molecular complexity index is 2090. The van der Waals surface area contributed by atoms with Gasteiger partial charge in [0.2, 0.25) is 11.8 Å². The molecule has 56 heavy (non-hydrogen) atoms. The van der Waals surface area contributed by atoms with Crippen molar-refractivity contribution in [2.24, 2.45) is 23.7 Å². The van der Waals surface area contributed by atoms with Crippen LogP contribution in [0.3, 0.4) is 0 Å². The molecule has 0 aliphatic carbocycles. The van der Waals surface area contributed by atoms with Gasteiger partial charge in [-0.25, -0.2) is 0 Å². The predicted octanol–water partition coefficient (Wildman–Crippen LogP) is 9.62. The van der Waals surface area contributed by atoms with Crippen molar-refractivity contribution in [1.82, 2.24) is 14.7 Å². The van der Waals surface area contributed by atoms with E-state index in [4.69, 9.17) is 0 Å². The van der Waals surface area contributed by atoms with E-state index >= 15 is 0 Å². The second kappa shape index (κ2) is 32.4. The van der Waals surface area contributed by atoms with Crippen molar-refractivity contribution in [3.63, 3.8) is 0 Å². The van der Waals surface area contributed by atoms with E-state index in [-0.39, 0.29) is 24.9 Å². The van der Waals surface area contributed by atoms with Crippen LogP contribution in [0.1, 0.15) is 68.2 Å². The fourth-order valence-corrected chi connectivity index (χ4v) is 6.47. The van der Waals surface area contributed by atoms with Gasteiger partial charge >= 0.3 is 0 Å². The lowest BCUT2D eigenvalue weighted by molar-refractivity contribution is -0.137. The monoisotopic (exact) mass is 760 g/mol. The summed E-state index contributed by atoms with van der Waals surface area (Å²) in [5.41, 5.74) is 56.8. The molecule has 0 aliphatic heterocycles. The molecule has 0 atom stereocenters. The van der Waals surface area contributed by atoms with Crippen molar-refractivity contribution in [1.29, 1.82) is 0 Å². The molecular weight excluding hydrogens is 706 g/mol. The molecule has 0 aromatic carbocycles. The van der Waals surface area contributed by atoms with Gasteiger partial charge in [-0.05, 0) is 160 Å². The molecular formula is C50H55N3O2P+. The second-order valence-electron chi connectivity index (χ2n) is 14.0. The van der Waals surface area contributed by atoms with Crippen LogP contribution >= 0.6 is 7.92 Å².